The van der Waals surface area contributed by atoms with Crippen molar-refractivity contribution < 1.29 is 24.4 Å². The van der Waals surface area contributed by atoms with E-state index in [2.05, 4.69) is 45.9 Å². The summed E-state index contributed by atoms with van der Waals surface area (Å²) in [5, 5.41) is 19.4. The third-order valence-electron chi connectivity index (χ3n) is 5.15. The first kappa shape index (κ1) is 28.2. The first-order valence-corrected chi connectivity index (χ1v) is 12.0. The summed E-state index contributed by atoms with van der Waals surface area (Å²) in [6.45, 7) is 10.7. The molecule has 182 valence electrons. The Morgan fingerprint density at radius 2 is 1.66 bits per heavy atom. The number of aliphatic hydroxyl groups is 1. The van der Waals surface area contributed by atoms with Crippen LogP contribution in [0.5, 0.6) is 11.5 Å². The van der Waals surface area contributed by atoms with Gasteiger partial charge in [-0.05, 0) is 70.6 Å². The number of hydrogen-bond donors (Lipinski definition) is 2. The molecule has 0 aliphatic rings. The monoisotopic (exact) mass is 448 g/mol. The number of phenolic OH excluding ortho intramolecular Hbond substituents is 1. The van der Waals surface area contributed by atoms with Gasteiger partial charge in [0.25, 0.3) is 0 Å². The second kappa shape index (κ2) is 17.7. The molecule has 0 aliphatic heterocycles. The van der Waals surface area contributed by atoms with Crippen LogP contribution in [0, 0.1) is 0 Å². The minimum Gasteiger partial charge on any atom is -0.508 e. The second-order valence-corrected chi connectivity index (χ2v) is 8.42. The lowest BCUT2D eigenvalue weighted by molar-refractivity contribution is 0.0246. The Balaban J connectivity index is 2.74. The van der Waals surface area contributed by atoms with Gasteiger partial charge in [0.2, 0.25) is 0 Å². The van der Waals surface area contributed by atoms with Crippen molar-refractivity contribution in [1.29, 1.82) is 0 Å². The maximum atomic E-state index is 10.7. The molecular formula is C27H44O5. The molecule has 1 aromatic carbocycles. The molecule has 0 heterocycles. The topological polar surface area (TPSA) is 68.2 Å². The van der Waals surface area contributed by atoms with E-state index in [1.807, 2.05) is 6.07 Å². The van der Waals surface area contributed by atoms with Crippen LogP contribution in [-0.4, -0.2) is 49.9 Å². The standard InChI is InChI=1S/C27H44O5/c1-5-6-7-11-24-20-26(29)25(13-12-23(4)10-8-9-22(2)3)27(21-24)32-19-18-31-17-16-30-15-14-28/h9,12,20-21,28-29H,5-8,10-11,13-19H2,1-4H3/b23-12+. The summed E-state index contributed by atoms with van der Waals surface area (Å²) in [6, 6.07) is 3.96. The average Bonchev–Trinajstić information content (AvgIpc) is 2.75. The third kappa shape index (κ3) is 12.9. The molecule has 5 heteroatoms. The smallest absolute Gasteiger partial charge is 0.126 e. The van der Waals surface area contributed by atoms with Gasteiger partial charge in [-0.3, -0.25) is 0 Å². The van der Waals surface area contributed by atoms with Crippen LogP contribution in [0.3, 0.4) is 0 Å². The number of ether oxygens (including phenoxy) is 3. The van der Waals surface area contributed by atoms with E-state index in [1.54, 1.807) is 0 Å². The molecule has 0 aromatic heterocycles. The molecule has 0 unspecified atom stereocenters. The maximum Gasteiger partial charge on any atom is 0.126 e. The first-order valence-electron chi connectivity index (χ1n) is 12.0. The normalized spacial score (nSPS) is 11.6. The molecule has 0 saturated carbocycles. The summed E-state index contributed by atoms with van der Waals surface area (Å²) in [5.41, 5.74) is 4.59. The number of aryl methyl sites for hydroxylation is 1. The molecule has 0 spiro atoms. The minimum atomic E-state index is 0.0207. The molecule has 1 rings (SSSR count). The Hall–Kier alpha value is -1.82. The number of rotatable bonds is 18. The molecule has 0 aliphatic carbocycles. The summed E-state index contributed by atoms with van der Waals surface area (Å²) in [7, 11) is 0. The van der Waals surface area contributed by atoms with E-state index < -0.39 is 0 Å². The molecule has 0 atom stereocenters. The quantitative estimate of drug-likeness (QED) is 0.221. The lowest BCUT2D eigenvalue weighted by atomic mass is 10.00. The van der Waals surface area contributed by atoms with E-state index >= 15 is 0 Å². The molecule has 2 N–H and O–H groups in total. The summed E-state index contributed by atoms with van der Waals surface area (Å²) < 4.78 is 16.7. The predicted molar refractivity (Wildman–Crippen MR) is 132 cm³/mol. The van der Waals surface area contributed by atoms with Crippen molar-refractivity contribution in [3.05, 3.63) is 46.6 Å². The van der Waals surface area contributed by atoms with Crippen LogP contribution in [0.2, 0.25) is 0 Å². The average molecular weight is 449 g/mol. The van der Waals surface area contributed by atoms with Crippen LogP contribution in [0.15, 0.2) is 35.4 Å². The highest BCUT2D eigenvalue weighted by molar-refractivity contribution is 5.48. The molecule has 0 amide bonds. The van der Waals surface area contributed by atoms with Crippen LogP contribution in [0.25, 0.3) is 0 Å². The van der Waals surface area contributed by atoms with Gasteiger partial charge in [-0.25, -0.2) is 0 Å². The van der Waals surface area contributed by atoms with E-state index in [0.717, 1.165) is 42.6 Å². The van der Waals surface area contributed by atoms with E-state index in [0.29, 0.717) is 45.2 Å². The fourth-order valence-corrected chi connectivity index (χ4v) is 3.31. The van der Waals surface area contributed by atoms with Gasteiger partial charge >= 0.3 is 0 Å². The third-order valence-corrected chi connectivity index (χ3v) is 5.15. The number of allylic oxidation sites excluding steroid dienone is 4. The maximum absolute atomic E-state index is 10.7. The molecule has 0 fully saturated rings. The molecule has 0 radical (unpaired) electrons. The van der Waals surface area contributed by atoms with Crippen molar-refractivity contribution in [2.45, 2.75) is 72.6 Å². The van der Waals surface area contributed by atoms with Crippen LogP contribution in [0.1, 0.15) is 70.9 Å². The Bertz CT molecular complexity index is 690. The summed E-state index contributed by atoms with van der Waals surface area (Å²) in [6.07, 6.45) is 11.5. The van der Waals surface area contributed by atoms with Crippen molar-refractivity contribution in [2.24, 2.45) is 0 Å². The molecule has 0 saturated heterocycles. The number of benzene rings is 1. The Labute approximate surface area is 195 Å². The van der Waals surface area contributed by atoms with Crippen molar-refractivity contribution >= 4 is 0 Å². The number of unbranched alkanes of at least 4 members (excludes halogenated alkanes) is 2. The van der Waals surface area contributed by atoms with Crippen LogP contribution in [-0.2, 0) is 22.3 Å². The highest BCUT2D eigenvalue weighted by Gasteiger charge is 2.12. The minimum absolute atomic E-state index is 0.0207. The molecular weight excluding hydrogens is 404 g/mol. The zero-order chi connectivity index (χ0) is 23.6. The SMILES string of the molecule is CCCCCc1cc(O)c(C/C=C(\C)CCC=C(C)C)c(OCCOCCOCCO)c1. The van der Waals surface area contributed by atoms with E-state index in [9.17, 15) is 5.11 Å². The highest BCUT2D eigenvalue weighted by Crippen LogP contribution is 2.32. The highest BCUT2D eigenvalue weighted by atomic mass is 16.5. The van der Waals surface area contributed by atoms with Crippen LogP contribution >= 0.6 is 0 Å². The van der Waals surface area contributed by atoms with Gasteiger partial charge in [-0.1, -0.05) is 43.1 Å². The van der Waals surface area contributed by atoms with Crippen molar-refractivity contribution in [1.82, 2.24) is 0 Å². The predicted octanol–water partition coefficient (Wildman–Crippen LogP) is 5.76. The zero-order valence-electron chi connectivity index (χ0n) is 20.6. The lowest BCUT2D eigenvalue weighted by Crippen LogP contribution is -2.12. The fourth-order valence-electron chi connectivity index (χ4n) is 3.31. The number of phenols is 1. The largest absolute Gasteiger partial charge is 0.508 e. The fraction of sp³-hybridized carbons (Fsp3) is 0.630. The number of hydrogen-bond acceptors (Lipinski definition) is 5. The van der Waals surface area contributed by atoms with Crippen LogP contribution in [0.4, 0.5) is 0 Å². The van der Waals surface area contributed by atoms with Gasteiger partial charge in [0.05, 0.1) is 33.0 Å². The summed E-state index contributed by atoms with van der Waals surface area (Å²) in [5.74, 6) is 1.05. The number of aliphatic hydroxyl groups excluding tert-OH is 1. The second-order valence-electron chi connectivity index (χ2n) is 8.42. The van der Waals surface area contributed by atoms with E-state index in [4.69, 9.17) is 19.3 Å². The molecule has 0 bridgehead atoms. The van der Waals surface area contributed by atoms with Gasteiger partial charge < -0.3 is 24.4 Å². The Morgan fingerprint density at radius 1 is 0.938 bits per heavy atom. The van der Waals surface area contributed by atoms with Gasteiger partial charge in [0, 0.05) is 5.56 Å². The molecule has 5 nitrogen and oxygen atoms in total. The van der Waals surface area contributed by atoms with Crippen molar-refractivity contribution in [2.75, 3.05) is 39.6 Å². The van der Waals surface area contributed by atoms with E-state index in [-0.39, 0.29) is 6.61 Å². The van der Waals surface area contributed by atoms with Gasteiger partial charge in [0.15, 0.2) is 0 Å². The lowest BCUT2D eigenvalue weighted by Gasteiger charge is -2.15. The van der Waals surface area contributed by atoms with Gasteiger partial charge in [-0.15, -0.1) is 0 Å². The Kier molecular flexibility index (Phi) is 15.6. The van der Waals surface area contributed by atoms with Crippen molar-refractivity contribution in [3.8, 4) is 11.5 Å². The van der Waals surface area contributed by atoms with Gasteiger partial charge in [0.1, 0.15) is 18.1 Å². The number of aromatic hydroxyl groups is 1. The molecule has 32 heavy (non-hydrogen) atoms. The Morgan fingerprint density at radius 3 is 2.34 bits per heavy atom. The zero-order valence-corrected chi connectivity index (χ0v) is 20.6. The molecule has 1 aromatic rings. The summed E-state index contributed by atoms with van der Waals surface area (Å²) >= 11 is 0. The van der Waals surface area contributed by atoms with Crippen LogP contribution < -0.4 is 4.74 Å². The first-order chi connectivity index (χ1) is 15.5. The van der Waals surface area contributed by atoms with E-state index in [1.165, 1.54) is 24.0 Å². The summed E-state index contributed by atoms with van der Waals surface area (Å²) in [4.78, 5) is 0. The van der Waals surface area contributed by atoms with Crippen molar-refractivity contribution in [3.63, 3.8) is 0 Å². The van der Waals surface area contributed by atoms with Gasteiger partial charge in [-0.2, -0.15) is 0 Å².